The summed E-state index contributed by atoms with van der Waals surface area (Å²) in [5.74, 6) is 1.31. The molecule has 0 saturated carbocycles. The maximum atomic E-state index is 12.7. The van der Waals surface area contributed by atoms with Crippen LogP contribution in [0, 0.1) is 13.8 Å². The lowest BCUT2D eigenvalue weighted by Crippen LogP contribution is -2.15. The van der Waals surface area contributed by atoms with E-state index >= 15 is 0 Å². The topological polar surface area (TPSA) is 70.3 Å². The minimum atomic E-state index is -0.158. The van der Waals surface area contributed by atoms with Crippen molar-refractivity contribution in [2.75, 3.05) is 18.5 Å². The van der Waals surface area contributed by atoms with E-state index in [4.69, 9.17) is 9.47 Å². The second-order valence-corrected chi connectivity index (χ2v) is 6.30. The SMILES string of the molecule is Cc1cc(C(=O)Nc2cnn(C)c2)c(C)n1-c1ccc2c(c1)OCCO2. The normalized spacial score (nSPS) is 12.9. The summed E-state index contributed by atoms with van der Waals surface area (Å²) in [6.07, 6.45) is 3.38. The molecule has 1 N–H and O–H groups in total. The number of rotatable bonds is 3. The number of aryl methyl sites for hydroxylation is 2. The Kier molecular flexibility index (Phi) is 3.91. The molecular weight excluding hydrogens is 332 g/mol. The number of hydrogen-bond donors (Lipinski definition) is 1. The third-order valence-corrected chi connectivity index (χ3v) is 4.42. The highest BCUT2D eigenvalue weighted by Gasteiger charge is 2.19. The standard InChI is InChI=1S/C19H20N4O3/c1-12-8-16(19(24)21-14-10-20-22(3)11-14)13(2)23(12)15-4-5-17-18(9-15)26-7-6-25-17/h4-5,8-11H,6-7H2,1-3H3,(H,21,24). The van der Waals surface area contributed by atoms with Crippen molar-refractivity contribution in [3.8, 4) is 17.2 Å². The number of benzene rings is 1. The van der Waals surface area contributed by atoms with Gasteiger partial charge >= 0.3 is 0 Å². The third kappa shape index (κ3) is 2.81. The van der Waals surface area contributed by atoms with Crippen molar-refractivity contribution < 1.29 is 14.3 Å². The lowest BCUT2D eigenvalue weighted by Gasteiger charge is -2.20. The highest BCUT2D eigenvalue weighted by Crippen LogP contribution is 2.33. The fourth-order valence-electron chi connectivity index (χ4n) is 3.25. The molecule has 0 bridgehead atoms. The first-order chi connectivity index (χ1) is 12.5. The monoisotopic (exact) mass is 352 g/mol. The number of carbonyl (C=O) groups is 1. The van der Waals surface area contributed by atoms with Crippen LogP contribution in [-0.4, -0.2) is 33.5 Å². The van der Waals surface area contributed by atoms with E-state index in [1.807, 2.05) is 49.7 Å². The van der Waals surface area contributed by atoms with Crippen molar-refractivity contribution in [1.29, 1.82) is 0 Å². The van der Waals surface area contributed by atoms with E-state index in [0.29, 0.717) is 24.5 Å². The van der Waals surface area contributed by atoms with Crippen molar-refractivity contribution in [2.45, 2.75) is 13.8 Å². The van der Waals surface area contributed by atoms with Gasteiger partial charge in [-0.25, -0.2) is 0 Å². The Hall–Kier alpha value is -3.22. The predicted molar refractivity (Wildman–Crippen MR) is 97.4 cm³/mol. The fourth-order valence-corrected chi connectivity index (χ4v) is 3.25. The van der Waals surface area contributed by atoms with Crippen LogP contribution in [0.15, 0.2) is 36.7 Å². The van der Waals surface area contributed by atoms with Crippen molar-refractivity contribution in [3.05, 3.63) is 53.6 Å². The van der Waals surface area contributed by atoms with E-state index < -0.39 is 0 Å². The van der Waals surface area contributed by atoms with Gasteiger partial charge in [0, 0.05) is 36.4 Å². The van der Waals surface area contributed by atoms with Gasteiger partial charge in [0.15, 0.2) is 11.5 Å². The Morgan fingerprint density at radius 3 is 2.65 bits per heavy atom. The molecule has 0 fully saturated rings. The first-order valence-corrected chi connectivity index (χ1v) is 8.42. The molecule has 7 heteroatoms. The molecule has 134 valence electrons. The van der Waals surface area contributed by atoms with Gasteiger partial charge in [0.25, 0.3) is 5.91 Å². The second-order valence-electron chi connectivity index (χ2n) is 6.30. The summed E-state index contributed by atoms with van der Waals surface area (Å²) in [4.78, 5) is 12.7. The van der Waals surface area contributed by atoms with Gasteiger partial charge in [0.1, 0.15) is 13.2 Å². The van der Waals surface area contributed by atoms with Crippen LogP contribution in [0.3, 0.4) is 0 Å². The van der Waals surface area contributed by atoms with Crippen LogP contribution < -0.4 is 14.8 Å². The molecule has 0 saturated heterocycles. The van der Waals surface area contributed by atoms with E-state index in [1.54, 1.807) is 17.1 Å². The summed E-state index contributed by atoms with van der Waals surface area (Å²) in [7, 11) is 1.81. The zero-order chi connectivity index (χ0) is 18.3. The number of amides is 1. The minimum Gasteiger partial charge on any atom is -0.486 e. The molecule has 3 heterocycles. The summed E-state index contributed by atoms with van der Waals surface area (Å²) in [5.41, 5.74) is 4.06. The van der Waals surface area contributed by atoms with Gasteiger partial charge in [-0.05, 0) is 32.0 Å². The highest BCUT2D eigenvalue weighted by atomic mass is 16.6. The molecule has 3 aromatic rings. The van der Waals surface area contributed by atoms with Crippen LogP contribution in [0.2, 0.25) is 0 Å². The number of nitrogens with zero attached hydrogens (tertiary/aromatic N) is 3. The van der Waals surface area contributed by atoms with E-state index in [0.717, 1.165) is 28.6 Å². The number of ether oxygens (including phenoxy) is 2. The van der Waals surface area contributed by atoms with Crippen LogP contribution in [0.25, 0.3) is 5.69 Å². The summed E-state index contributed by atoms with van der Waals surface area (Å²) in [5, 5.41) is 6.95. The molecule has 1 amide bonds. The zero-order valence-corrected chi connectivity index (χ0v) is 14.9. The van der Waals surface area contributed by atoms with Crippen molar-refractivity contribution >= 4 is 11.6 Å². The molecular formula is C19H20N4O3. The average Bonchev–Trinajstić information content (AvgIpc) is 3.17. The van der Waals surface area contributed by atoms with E-state index in [9.17, 15) is 4.79 Å². The minimum absolute atomic E-state index is 0.158. The predicted octanol–water partition coefficient (Wildman–Crippen LogP) is 2.85. The number of hydrogen-bond acceptors (Lipinski definition) is 4. The first-order valence-electron chi connectivity index (χ1n) is 8.42. The summed E-state index contributed by atoms with van der Waals surface area (Å²) < 4.78 is 14.9. The lowest BCUT2D eigenvalue weighted by molar-refractivity contribution is 0.102. The Bertz CT molecular complexity index is 987. The van der Waals surface area contributed by atoms with Gasteiger partial charge in [-0.1, -0.05) is 0 Å². The average molecular weight is 352 g/mol. The molecule has 0 radical (unpaired) electrons. The van der Waals surface area contributed by atoms with Crippen LogP contribution in [0.4, 0.5) is 5.69 Å². The van der Waals surface area contributed by atoms with Crippen molar-refractivity contribution in [3.63, 3.8) is 0 Å². The quantitative estimate of drug-likeness (QED) is 0.787. The van der Waals surface area contributed by atoms with Crippen molar-refractivity contribution in [1.82, 2.24) is 14.3 Å². The van der Waals surface area contributed by atoms with Gasteiger partial charge in [0.2, 0.25) is 0 Å². The summed E-state index contributed by atoms with van der Waals surface area (Å²) in [6.45, 7) is 5.01. The van der Waals surface area contributed by atoms with Crippen LogP contribution in [0.1, 0.15) is 21.7 Å². The number of nitrogens with one attached hydrogen (secondary N) is 1. The molecule has 1 aliphatic rings. The molecule has 0 spiro atoms. The van der Waals surface area contributed by atoms with Gasteiger partial charge < -0.3 is 19.4 Å². The Morgan fingerprint density at radius 1 is 1.15 bits per heavy atom. The smallest absolute Gasteiger partial charge is 0.257 e. The Balaban J connectivity index is 1.67. The Labute approximate surface area is 151 Å². The zero-order valence-electron chi connectivity index (χ0n) is 14.9. The molecule has 1 aliphatic heterocycles. The maximum Gasteiger partial charge on any atom is 0.257 e. The maximum absolute atomic E-state index is 12.7. The molecule has 0 unspecified atom stereocenters. The summed E-state index contributed by atoms with van der Waals surface area (Å²) >= 11 is 0. The van der Waals surface area contributed by atoms with Gasteiger partial charge in [-0.2, -0.15) is 5.10 Å². The second kappa shape index (κ2) is 6.25. The van der Waals surface area contributed by atoms with E-state index in [1.165, 1.54) is 0 Å². The van der Waals surface area contributed by atoms with Gasteiger partial charge in [-0.3, -0.25) is 9.48 Å². The molecule has 7 nitrogen and oxygen atoms in total. The number of carbonyl (C=O) groups excluding carboxylic acids is 1. The molecule has 0 atom stereocenters. The Morgan fingerprint density at radius 2 is 1.92 bits per heavy atom. The molecule has 4 rings (SSSR count). The number of anilines is 1. The van der Waals surface area contributed by atoms with Gasteiger partial charge in [-0.15, -0.1) is 0 Å². The largest absolute Gasteiger partial charge is 0.486 e. The fraction of sp³-hybridized carbons (Fsp3) is 0.263. The molecule has 1 aromatic carbocycles. The van der Waals surface area contributed by atoms with E-state index in [-0.39, 0.29) is 5.91 Å². The molecule has 0 aliphatic carbocycles. The van der Waals surface area contributed by atoms with Crippen LogP contribution >= 0.6 is 0 Å². The van der Waals surface area contributed by atoms with Crippen LogP contribution in [-0.2, 0) is 7.05 Å². The highest BCUT2D eigenvalue weighted by molar-refractivity contribution is 6.05. The van der Waals surface area contributed by atoms with E-state index in [2.05, 4.69) is 10.4 Å². The number of fused-ring (bicyclic) bond motifs is 1. The molecule has 26 heavy (non-hydrogen) atoms. The lowest BCUT2D eigenvalue weighted by atomic mass is 10.2. The number of aromatic nitrogens is 3. The van der Waals surface area contributed by atoms with Gasteiger partial charge in [0.05, 0.1) is 17.4 Å². The molecule has 2 aromatic heterocycles. The third-order valence-electron chi connectivity index (χ3n) is 4.42. The van der Waals surface area contributed by atoms with Crippen molar-refractivity contribution in [2.24, 2.45) is 7.05 Å². The first kappa shape index (κ1) is 16.3. The summed E-state index contributed by atoms with van der Waals surface area (Å²) in [6, 6.07) is 7.70. The van der Waals surface area contributed by atoms with Crippen LogP contribution in [0.5, 0.6) is 11.5 Å².